The number of hydrogen-bond donors (Lipinski definition) is 0. The van der Waals surface area contributed by atoms with Crippen LogP contribution in [0.1, 0.15) is 23.1 Å². The molecule has 6 nitrogen and oxygen atoms in total. The second kappa shape index (κ2) is 6.48. The highest BCUT2D eigenvalue weighted by molar-refractivity contribution is 5.92. The largest absolute Gasteiger partial charge is 0.355 e. The van der Waals surface area contributed by atoms with Crippen molar-refractivity contribution in [3.05, 3.63) is 60.0 Å². The molecule has 118 valence electrons. The van der Waals surface area contributed by atoms with Crippen LogP contribution in [0.2, 0.25) is 0 Å². The van der Waals surface area contributed by atoms with Gasteiger partial charge in [0.1, 0.15) is 0 Å². The molecule has 23 heavy (non-hydrogen) atoms. The highest BCUT2D eigenvalue weighted by Crippen LogP contribution is 2.20. The van der Waals surface area contributed by atoms with Crippen molar-refractivity contribution in [1.82, 2.24) is 19.8 Å². The quantitative estimate of drug-likeness (QED) is 0.727. The van der Waals surface area contributed by atoms with Crippen molar-refractivity contribution in [3.63, 3.8) is 0 Å². The van der Waals surface area contributed by atoms with E-state index in [1.807, 2.05) is 54.2 Å². The van der Waals surface area contributed by atoms with Gasteiger partial charge in [0.2, 0.25) is 0 Å². The second-order valence-corrected chi connectivity index (χ2v) is 5.27. The first kappa shape index (κ1) is 15.0. The van der Waals surface area contributed by atoms with Crippen LogP contribution in [-0.4, -0.2) is 32.8 Å². The van der Waals surface area contributed by atoms with Gasteiger partial charge in [0, 0.05) is 31.4 Å². The van der Waals surface area contributed by atoms with Gasteiger partial charge >= 0.3 is 0 Å². The van der Waals surface area contributed by atoms with Crippen LogP contribution >= 0.6 is 0 Å². The van der Waals surface area contributed by atoms with Crippen LogP contribution in [-0.2, 0) is 13.1 Å². The Morgan fingerprint density at radius 1 is 1.26 bits per heavy atom. The van der Waals surface area contributed by atoms with E-state index in [1.54, 1.807) is 18.0 Å². The third-order valence-corrected chi connectivity index (χ3v) is 3.55. The summed E-state index contributed by atoms with van der Waals surface area (Å²) in [6.07, 6.45) is 1.90. The van der Waals surface area contributed by atoms with Crippen molar-refractivity contribution >= 4 is 5.91 Å². The molecule has 1 amide bonds. The number of carbonyl (C=O) groups is 1. The predicted octanol–water partition coefficient (Wildman–Crippen LogP) is 2.83. The van der Waals surface area contributed by atoms with E-state index in [-0.39, 0.29) is 5.91 Å². The predicted molar refractivity (Wildman–Crippen MR) is 85.6 cm³/mol. The minimum absolute atomic E-state index is 0.193. The van der Waals surface area contributed by atoms with Gasteiger partial charge in [0.05, 0.1) is 12.2 Å². The number of nitrogens with zero attached hydrogens (tertiary/aromatic N) is 4. The molecule has 0 spiro atoms. The summed E-state index contributed by atoms with van der Waals surface area (Å²) in [5.74, 6) is 0.389. The molecule has 3 aromatic rings. The zero-order valence-electron chi connectivity index (χ0n) is 13.1. The van der Waals surface area contributed by atoms with Gasteiger partial charge in [0.15, 0.2) is 11.5 Å². The van der Waals surface area contributed by atoms with Crippen molar-refractivity contribution < 1.29 is 9.32 Å². The lowest BCUT2D eigenvalue weighted by atomic mass is 10.1. The molecular weight excluding hydrogens is 292 g/mol. The molecule has 0 aliphatic heterocycles. The molecule has 0 fully saturated rings. The molecular formula is C17H18N4O2. The maximum atomic E-state index is 12.4. The molecule has 0 unspecified atom stereocenters. The molecule has 0 saturated heterocycles. The standard InChI is InChI=1S/C17H18N4O2/c1-3-21-10-9-14(18-21)12-20(2)17(22)15-11-16(23-19-15)13-7-5-4-6-8-13/h4-11H,3,12H2,1-2H3. The van der Waals surface area contributed by atoms with Gasteiger partial charge < -0.3 is 9.42 Å². The van der Waals surface area contributed by atoms with E-state index in [4.69, 9.17) is 4.52 Å². The van der Waals surface area contributed by atoms with Gasteiger partial charge in [-0.25, -0.2) is 0 Å². The van der Waals surface area contributed by atoms with E-state index in [2.05, 4.69) is 10.3 Å². The third-order valence-electron chi connectivity index (χ3n) is 3.55. The molecule has 0 bridgehead atoms. The van der Waals surface area contributed by atoms with Gasteiger partial charge in [-0.05, 0) is 13.0 Å². The SMILES string of the molecule is CCn1ccc(CN(C)C(=O)c2cc(-c3ccccc3)on2)n1. The molecule has 2 aromatic heterocycles. The molecule has 6 heteroatoms. The first-order chi connectivity index (χ1) is 11.2. The van der Waals surface area contributed by atoms with Crippen molar-refractivity contribution in [2.75, 3.05) is 7.05 Å². The van der Waals surface area contributed by atoms with Gasteiger partial charge in [-0.3, -0.25) is 9.48 Å². The highest BCUT2D eigenvalue weighted by atomic mass is 16.5. The molecule has 3 rings (SSSR count). The average molecular weight is 310 g/mol. The lowest BCUT2D eigenvalue weighted by Crippen LogP contribution is -2.26. The Labute approximate surface area is 134 Å². The number of aromatic nitrogens is 3. The van der Waals surface area contributed by atoms with E-state index in [0.29, 0.717) is 18.0 Å². The Hall–Kier alpha value is -2.89. The number of carbonyl (C=O) groups excluding carboxylic acids is 1. The van der Waals surface area contributed by atoms with Crippen molar-refractivity contribution in [2.24, 2.45) is 0 Å². The van der Waals surface area contributed by atoms with Crippen molar-refractivity contribution in [1.29, 1.82) is 0 Å². The minimum atomic E-state index is -0.193. The average Bonchev–Trinajstić information content (AvgIpc) is 3.24. The van der Waals surface area contributed by atoms with Crippen molar-refractivity contribution in [2.45, 2.75) is 20.0 Å². The zero-order valence-corrected chi connectivity index (χ0v) is 13.1. The van der Waals surface area contributed by atoms with E-state index in [0.717, 1.165) is 17.8 Å². The number of hydrogen-bond acceptors (Lipinski definition) is 4. The fourth-order valence-electron chi connectivity index (χ4n) is 2.29. The fourth-order valence-corrected chi connectivity index (χ4v) is 2.29. The summed E-state index contributed by atoms with van der Waals surface area (Å²) >= 11 is 0. The Morgan fingerprint density at radius 3 is 2.74 bits per heavy atom. The highest BCUT2D eigenvalue weighted by Gasteiger charge is 2.18. The van der Waals surface area contributed by atoms with Gasteiger partial charge in [-0.1, -0.05) is 35.5 Å². The lowest BCUT2D eigenvalue weighted by molar-refractivity contribution is 0.0773. The van der Waals surface area contributed by atoms with E-state index in [1.165, 1.54) is 0 Å². The van der Waals surface area contributed by atoms with Crippen LogP contribution in [0.4, 0.5) is 0 Å². The summed E-state index contributed by atoms with van der Waals surface area (Å²) in [6, 6.07) is 13.1. The minimum Gasteiger partial charge on any atom is -0.355 e. The number of aryl methyl sites for hydroxylation is 1. The summed E-state index contributed by atoms with van der Waals surface area (Å²) in [6.45, 7) is 3.26. The monoisotopic (exact) mass is 310 g/mol. The topological polar surface area (TPSA) is 64.2 Å². The first-order valence-electron chi connectivity index (χ1n) is 7.47. The maximum absolute atomic E-state index is 12.4. The van der Waals surface area contributed by atoms with Gasteiger partial charge in [-0.15, -0.1) is 0 Å². The molecule has 0 N–H and O–H groups in total. The molecule has 1 aromatic carbocycles. The molecule has 2 heterocycles. The molecule has 0 aliphatic carbocycles. The number of rotatable bonds is 5. The molecule has 0 aliphatic rings. The summed E-state index contributed by atoms with van der Waals surface area (Å²) in [4.78, 5) is 14.0. The van der Waals surface area contributed by atoms with E-state index >= 15 is 0 Å². The van der Waals surface area contributed by atoms with Crippen LogP contribution in [0.5, 0.6) is 0 Å². The Kier molecular flexibility index (Phi) is 4.23. The zero-order chi connectivity index (χ0) is 16.2. The van der Waals surface area contributed by atoms with Gasteiger partial charge in [0.25, 0.3) is 5.91 Å². The van der Waals surface area contributed by atoms with Crippen LogP contribution in [0.3, 0.4) is 0 Å². The van der Waals surface area contributed by atoms with Crippen molar-refractivity contribution in [3.8, 4) is 11.3 Å². The lowest BCUT2D eigenvalue weighted by Gasteiger charge is -2.13. The van der Waals surface area contributed by atoms with Crippen LogP contribution in [0.15, 0.2) is 53.2 Å². The Bertz CT molecular complexity index is 792. The Balaban J connectivity index is 1.71. The summed E-state index contributed by atoms with van der Waals surface area (Å²) in [7, 11) is 1.73. The number of benzene rings is 1. The summed E-state index contributed by atoms with van der Waals surface area (Å²) < 4.78 is 7.11. The maximum Gasteiger partial charge on any atom is 0.276 e. The Morgan fingerprint density at radius 2 is 2.04 bits per heavy atom. The third kappa shape index (κ3) is 3.31. The normalized spacial score (nSPS) is 10.7. The van der Waals surface area contributed by atoms with E-state index < -0.39 is 0 Å². The van der Waals surface area contributed by atoms with Crippen LogP contribution in [0, 0.1) is 0 Å². The first-order valence-corrected chi connectivity index (χ1v) is 7.47. The van der Waals surface area contributed by atoms with Crippen LogP contribution in [0.25, 0.3) is 11.3 Å². The smallest absolute Gasteiger partial charge is 0.276 e. The second-order valence-electron chi connectivity index (χ2n) is 5.27. The number of amides is 1. The van der Waals surface area contributed by atoms with Gasteiger partial charge in [-0.2, -0.15) is 5.10 Å². The molecule has 0 saturated carbocycles. The molecule has 0 radical (unpaired) electrons. The summed E-state index contributed by atoms with van der Waals surface area (Å²) in [5, 5.41) is 8.26. The summed E-state index contributed by atoms with van der Waals surface area (Å²) in [5.41, 5.74) is 2.03. The fraction of sp³-hybridized carbons (Fsp3) is 0.235. The van der Waals surface area contributed by atoms with E-state index in [9.17, 15) is 4.79 Å². The van der Waals surface area contributed by atoms with Crippen LogP contribution < -0.4 is 0 Å². The molecule has 0 atom stereocenters.